The van der Waals surface area contributed by atoms with Crippen molar-refractivity contribution in [2.24, 2.45) is 0 Å². The number of benzene rings is 1. The number of aromatic nitrogens is 1. The van der Waals surface area contributed by atoms with Crippen molar-refractivity contribution in [3.63, 3.8) is 0 Å². The van der Waals surface area contributed by atoms with Crippen molar-refractivity contribution >= 4 is 34.8 Å². The molecule has 1 saturated carbocycles. The minimum atomic E-state index is -0.361. The zero-order valence-electron chi connectivity index (χ0n) is 9.82. The van der Waals surface area contributed by atoms with Crippen LogP contribution in [0.3, 0.4) is 0 Å². The van der Waals surface area contributed by atoms with E-state index < -0.39 is 0 Å². The highest BCUT2D eigenvalue weighted by Crippen LogP contribution is 2.40. The molecule has 0 radical (unpaired) electrons. The van der Waals surface area contributed by atoms with Crippen LogP contribution in [0.1, 0.15) is 35.0 Å². The maximum atomic E-state index is 12.0. The number of anilines is 1. The molecule has 19 heavy (non-hydrogen) atoms. The Labute approximate surface area is 119 Å². The monoisotopic (exact) mass is 296 g/mol. The number of amides is 1. The Morgan fingerprint density at radius 1 is 1.32 bits per heavy atom. The SMILES string of the molecule is O=C(Nc1cc(Cl)ccc1Cl)c1cc(C2CC2)on1. The maximum Gasteiger partial charge on any atom is 0.277 e. The molecule has 1 aromatic heterocycles. The summed E-state index contributed by atoms with van der Waals surface area (Å²) in [5, 5.41) is 7.34. The molecule has 1 heterocycles. The minimum absolute atomic E-state index is 0.248. The van der Waals surface area contributed by atoms with Crippen molar-refractivity contribution in [1.82, 2.24) is 5.16 Å². The third-order valence-electron chi connectivity index (χ3n) is 2.92. The molecular weight excluding hydrogens is 287 g/mol. The molecular formula is C13H10Cl2N2O2. The number of hydrogen-bond donors (Lipinski definition) is 1. The third kappa shape index (κ3) is 2.74. The van der Waals surface area contributed by atoms with Crippen LogP contribution in [0, 0.1) is 0 Å². The summed E-state index contributed by atoms with van der Waals surface area (Å²) in [4.78, 5) is 12.0. The molecule has 6 heteroatoms. The first-order chi connectivity index (χ1) is 9.13. The molecule has 0 atom stereocenters. The zero-order chi connectivity index (χ0) is 13.4. The van der Waals surface area contributed by atoms with Crippen molar-refractivity contribution in [1.29, 1.82) is 0 Å². The molecule has 0 unspecified atom stereocenters. The van der Waals surface area contributed by atoms with Crippen LogP contribution in [0.5, 0.6) is 0 Å². The van der Waals surface area contributed by atoms with Crippen molar-refractivity contribution in [2.45, 2.75) is 18.8 Å². The molecule has 0 bridgehead atoms. The van der Waals surface area contributed by atoms with Crippen LogP contribution in [0.2, 0.25) is 10.0 Å². The highest BCUT2D eigenvalue weighted by Gasteiger charge is 2.28. The van der Waals surface area contributed by atoms with E-state index in [1.807, 2.05) is 0 Å². The molecule has 0 spiro atoms. The molecule has 98 valence electrons. The molecule has 1 amide bonds. The second-order valence-corrected chi connectivity index (χ2v) is 5.31. The van der Waals surface area contributed by atoms with Crippen LogP contribution in [-0.2, 0) is 0 Å². The lowest BCUT2D eigenvalue weighted by molar-refractivity contribution is 0.101. The molecule has 1 aliphatic carbocycles. The van der Waals surface area contributed by atoms with E-state index in [1.165, 1.54) is 0 Å². The number of rotatable bonds is 3. The molecule has 1 N–H and O–H groups in total. The van der Waals surface area contributed by atoms with Crippen LogP contribution in [-0.4, -0.2) is 11.1 Å². The average molecular weight is 297 g/mol. The van der Waals surface area contributed by atoms with Gasteiger partial charge in [-0.3, -0.25) is 4.79 Å². The van der Waals surface area contributed by atoms with E-state index in [0.29, 0.717) is 21.7 Å². The first kappa shape index (κ1) is 12.5. The fraction of sp³-hybridized carbons (Fsp3) is 0.231. The van der Waals surface area contributed by atoms with E-state index in [-0.39, 0.29) is 11.6 Å². The number of nitrogens with zero attached hydrogens (tertiary/aromatic N) is 1. The van der Waals surface area contributed by atoms with Gasteiger partial charge in [0.05, 0.1) is 10.7 Å². The van der Waals surface area contributed by atoms with E-state index in [2.05, 4.69) is 10.5 Å². The van der Waals surface area contributed by atoms with Crippen LogP contribution < -0.4 is 5.32 Å². The summed E-state index contributed by atoms with van der Waals surface area (Å²) in [6.07, 6.45) is 2.19. The zero-order valence-corrected chi connectivity index (χ0v) is 11.3. The quantitative estimate of drug-likeness (QED) is 0.927. The van der Waals surface area contributed by atoms with Crippen molar-refractivity contribution in [2.75, 3.05) is 5.32 Å². The van der Waals surface area contributed by atoms with E-state index >= 15 is 0 Å². The van der Waals surface area contributed by atoms with Gasteiger partial charge in [-0.2, -0.15) is 0 Å². The number of nitrogens with one attached hydrogen (secondary N) is 1. The summed E-state index contributed by atoms with van der Waals surface area (Å²) in [5.74, 6) is 0.825. The molecule has 0 aliphatic heterocycles. The highest BCUT2D eigenvalue weighted by molar-refractivity contribution is 6.35. The van der Waals surface area contributed by atoms with Crippen molar-refractivity contribution in [3.05, 3.63) is 45.8 Å². The van der Waals surface area contributed by atoms with E-state index in [9.17, 15) is 4.79 Å². The van der Waals surface area contributed by atoms with Gasteiger partial charge >= 0.3 is 0 Å². The van der Waals surface area contributed by atoms with E-state index in [4.69, 9.17) is 27.7 Å². The summed E-state index contributed by atoms with van der Waals surface area (Å²) in [6, 6.07) is 6.54. The summed E-state index contributed by atoms with van der Waals surface area (Å²) in [5.41, 5.74) is 0.702. The summed E-state index contributed by atoms with van der Waals surface area (Å²) in [6.45, 7) is 0. The Balaban J connectivity index is 1.77. The fourth-order valence-corrected chi connectivity index (χ4v) is 2.07. The van der Waals surface area contributed by atoms with Gasteiger partial charge in [-0.15, -0.1) is 0 Å². The van der Waals surface area contributed by atoms with Crippen LogP contribution >= 0.6 is 23.2 Å². The third-order valence-corrected chi connectivity index (χ3v) is 3.48. The Bertz CT molecular complexity index is 635. The highest BCUT2D eigenvalue weighted by atomic mass is 35.5. The van der Waals surface area contributed by atoms with Gasteiger partial charge in [-0.05, 0) is 31.0 Å². The Morgan fingerprint density at radius 2 is 2.11 bits per heavy atom. The van der Waals surface area contributed by atoms with Crippen molar-refractivity contribution < 1.29 is 9.32 Å². The first-order valence-electron chi connectivity index (χ1n) is 5.86. The molecule has 1 aromatic carbocycles. The van der Waals surface area contributed by atoms with Gasteiger partial charge in [0.15, 0.2) is 5.69 Å². The van der Waals surface area contributed by atoms with Crippen LogP contribution in [0.15, 0.2) is 28.8 Å². The van der Waals surface area contributed by atoms with Gasteiger partial charge in [0, 0.05) is 17.0 Å². The molecule has 0 saturated heterocycles. The minimum Gasteiger partial charge on any atom is -0.360 e. The number of carbonyl (C=O) groups excluding carboxylic acids is 1. The van der Waals surface area contributed by atoms with Gasteiger partial charge < -0.3 is 9.84 Å². The Kier molecular flexibility index (Phi) is 3.21. The summed E-state index contributed by atoms with van der Waals surface area (Å²) >= 11 is 11.8. The van der Waals surface area contributed by atoms with E-state index in [0.717, 1.165) is 18.6 Å². The lowest BCUT2D eigenvalue weighted by atomic mass is 10.2. The number of hydrogen-bond acceptors (Lipinski definition) is 3. The van der Waals surface area contributed by atoms with Gasteiger partial charge in [-0.25, -0.2) is 0 Å². The lowest BCUT2D eigenvalue weighted by Gasteiger charge is -2.05. The van der Waals surface area contributed by atoms with Crippen LogP contribution in [0.25, 0.3) is 0 Å². The topological polar surface area (TPSA) is 55.1 Å². The average Bonchev–Trinajstić information content (AvgIpc) is 3.11. The molecule has 1 fully saturated rings. The van der Waals surface area contributed by atoms with Crippen molar-refractivity contribution in [3.8, 4) is 0 Å². The van der Waals surface area contributed by atoms with Crippen LogP contribution in [0.4, 0.5) is 5.69 Å². The first-order valence-corrected chi connectivity index (χ1v) is 6.62. The second kappa shape index (κ2) is 4.87. The largest absolute Gasteiger partial charge is 0.360 e. The van der Waals surface area contributed by atoms with Gasteiger partial charge in [0.1, 0.15) is 5.76 Å². The fourth-order valence-electron chi connectivity index (χ4n) is 1.74. The molecule has 4 nitrogen and oxygen atoms in total. The van der Waals surface area contributed by atoms with Gasteiger partial charge in [-0.1, -0.05) is 28.4 Å². The Morgan fingerprint density at radius 3 is 2.84 bits per heavy atom. The predicted molar refractivity (Wildman–Crippen MR) is 72.9 cm³/mol. The molecule has 2 aromatic rings. The summed E-state index contributed by atoms with van der Waals surface area (Å²) < 4.78 is 5.13. The van der Waals surface area contributed by atoms with Gasteiger partial charge in [0.25, 0.3) is 5.91 Å². The number of halogens is 2. The second-order valence-electron chi connectivity index (χ2n) is 4.47. The normalized spacial score (nSPS) is 14.4. The summed E-state index contributed by atoms with van der Waals surface area (Å²) in [7, 11) is 0. The standard InChI is InChI=1S/C13H10Cl2N2O2/c14-8-3-4-9(15)10(5-8)16-13(18)11-6-12(19-17-11)7-1-2-7/h3-7H,1-2H2,(H,16,18). The molecule has 3 rings (SSSR count). The Hall–Kier alpha value is -1.52. The smallest absolute Gasteiger partial charge is 0.277 e. The maximum absolute atomic E-state index is 12.0. The lowest BCUT2D eigenvalue weighted by Crippen LogP contribution is -2.12. The number of carbonyl (C=O) groups is 1. The molecule has 1 aliphatic rings. The van der Waals surface area contributed by atoms with E-state index in [1.54, 1.807) is 24.3 Å². The predicted octanol–water partition coefficient (Wildman–Crippen LogP) is 4.11. The van der Waals surface area contributed by atoms with Gasteiger partial charge in [0.2, 0.25) is 0 Å².